The lowest BCUT2D eigenvalue weighted by atomic mass is 10.00. The van der Waals surface area contributed by atoms with Crippen LogP contribution in [0, 0.1) is 0 Å². The molecule has 7 rings (SSSR count). The molecule has 254 valence electrons. The molecule has 51 heavy (non-hydrogen) atoms. The molecular formula is C40H38N10O. The number of anilines is 5. The number of rotatable bonds is 7. The van der Waals surface area contributed by atoms with Crippen molar-refractivity contribution in [3.8, 4) is 22.4 Å². The van der Waals surface area contributed by atoms with Gasteiger partial charge in [-0.25, -0.2) is 4.98 Å². The van der Waals surface area contributed by atoms with Crippen molar-refractivity contribution in [1.29, 1.82) is 0 Å². The Balaban J connectivity index is 0.000000166. The van der Waals surface area contributed by atoms with Crippen molar-refractivity contribution < 1.29 is 4.79 Å². The molecule has 8 N–H and O–H groups in total. The van der Waals surface area contributed by atoms with Crippen LogP contribution < -0.4 is 27.8 Å². The minimum atomic E-state index is 0.0319. The van der Waals surface area contributed by atoms with Crippen LogP contribution in [0.3, 0.4) is 0 Å². The maximum Gasteiger partial charge on any atom is 0.224 e. The number of nitrogens with two attached hydrogens (primary N) is 3. The third-order valence-electron chi connectivity index (χ3n) is 7.38. The van der Waals surface area contributed by atoms with Gasteiger partial charge in [-0.15, -0.1) is 0 Å². The smallest absolute Gasteiger partial charge is 0.224 e. The SMILES string of the molecule is CNc1cc(N)nc(N)n1.CNc1nc(N)nc2nc(-c3ccccc3)cc(-c3ccccc3)c12.O=C(/C=C/c1ccccc1)c1ccccc1. The van der Waals surface area contributed by atoms with Crippen LogP contribution in [0.4, 0.5) is 29.4 Å². The van der Waals surface area contributed by atoms with Crippen molar-refractivity contribution in [3.05, 3.63) is 151 Å². The summed E-state index contributed by atoms with van der Waals surface area (Å²) in [5.74, 6) is 2.10. The van der Waals surface area contributed by atoms with Gasteiger partial charge in [0, 0.05) is 31.3 Å². The molecule has 0 atom stereocenters. The number of benzene rings is 4. The number of nitrogens with one attached hydrogen (secondary N) is 2. The van der Waals surface area contributed by atoms with E-state index < -0.39 is 0 Å². The van der Waals surface area contributed by atoms with E-state index in [0.29, 0.717) is 23.1 Å². The average molecular weight is 675 g/mol. The fourth-order valence-electron chi connectivity index (χ4n) is 4.98. The Morgan fingerprint density at radius 2 is 1.18 bits per heavy atom. The number of nitrogen functional groups attached to an aromatic ring is 3. The maximum absolute atomic E-state index is 11.7. The van der Waals surface area contributed by atoms with E-state index in [1.807, 2.05) is 122 Å². The molecule has 0 bridgehead atoms. The van der Waals surface area contributed by atoms with Gasteiger partial charge in [-0.2, -0.15) is 19.9 Å². The quantitative estimate of drug-likeness (QED) is 0.0848. The molecule has 4 aromatic carbocycles. The number of pyridine rings is 1. The van der Waals surface area contributed by atoms with Crippen LogP contribution in [0.2, 0.25) is 0 Å². The molecule has 0 aliphatic heterocycles. The van der Waals surface area contributed by atoms with E-state index in [1.165, 1.54) is 0 Å². The minimum absolute atomic E-state index is 0.0319. The third kappa shape index (κ3) is 9.71. The minimum Gasteiger partial charge on any atom is -0.383 e. The number of nitrogens with zero attached hydrogens (tertiary/aromatic N) is 5. The summed E-state index contributed by atoms with van der Waals surface area (Å²) in [7, 11) is 3.56. The molecule has 0 saturated carbocycles. The molecule has 11 heteroatoms. The van der Waals surface area contributed by atoms with Gasteiger partial charge in [-0.3, -0.25) is 4.79 Å². The molecule has 0 radical (unpaired) electrons. The van der Waals surface area contributed by atoms with E-state index in [4.69, 9.17) is 22.2 Å². The van der Waals surface area contributed by atoms with Gasteiger partial charge in [0.05, 0.1) is 11.1 Å². The molecule has 3 heterocycles. The highest BCUT2D eigenvalue weighted by molar-refractivity contribution is 6.06. The number of aromatic nitrogens is 5. The van der Waals surface area contributed by atoms with E-state index in [9.17, 15) is 4.79 Å². The second-order valence-electron chi connectivity index (χ2n) is 10.9. The fraction of sp³-hybridized carbons (Fsp3) is 0.0500. The van der Waals surface area contributed by atoms with Crippen LogP contribution in [0.5, 0.6) is 0 Å². The number of ketones is 1. The number of hydrogen-bond donors (Lipinski definition) is 5. The number of carbonyl (C=O) groups is 1. The Bertz CT molecular complexity index is 2190. The summed E-state index contributed by atoms with van der Waals surface area (Å²) in [6, 6.07) is 43.0. The molecule has 0 aliphatic carbocycles. The molecule has 11 nitrogen and oxygen atoms in total. The highest BCUT2D eigenvalue weighted by Gasteiger charge is 2.15. The maximum atomic E-state index is 11.7. The second-order valence-corrected chi connectivity index (χ2v) is 10.9. The van der Waals surface area contributed by atoms with E-state index in [2.05, 4.69) is 48.8 Å². The van der Waals surface area contributed by atoms with Gasteiger partial charge in [0.2, 0.25) is 11.9 Å². The van der Waals surface area contributed by atoms with Crippen LogP contribution in [-0.2, 0) is 0 Å². The van der Waals surface area contributed by atoms with Gasteiger partial charge in [0.1, 0.15) is 17.5 Å². The topological polar surface area (TPSA) is 184 Å². The molecule has 0 spiro atoms. The van der Waals surface area contributed by atoms with E-state index in [-0.39, 0.29) is 17.7 Å². The predicted molar refractivity (Wildman–Crippen MR) is 209 cm³/mol. The normalized spacial score (nSPS) is 10.4. The van der Waals surface area contributed by atoms with Crippen LogP contribution in [0.1, 0.15) is 15.9 Å². The number of carbonyl (C=O) groups excluding carboxylic acids is 1. The molecular weight excluding hydrogens is 637 g/mol. The lowest BCUT2D eigenvalue weighted by molar-refractivity contribution is 0.104. The summed E-state index contributed by atoms with van der Waals surface area (Å²) in [6.07, 6.45) is 3.43. The van der Waals surface area contributed by atoms with Gasteiger partial charge in [-0.1, -0.05) is 127 Å². The highest BCUT2D eigenvalue weighted by Crippen LogP contribution is 2.35. The molecule has 0 amide bonds. The first-order chi connectivity index (χ1) is 24.8. The van der Waals surface area contributed by atoms with Gasteiger partial charge >= 0.3 is 0 Å². The third-order valence-corrected chi connectivity index (χ3v) is 7.38. The molecule has 0 unspecified atom stereocenters. The van der Waals surface area contributed by atoms with Gasteiger partial charge in [0.15, 0.2) is 11.4 Å². The fourth-order valence-corrected chi connectivity index (χ4v) is 4.98. The summed E-state index contributed by atoms with van der Waals surface area (Å²) in [4.78, 5) is 32.7. The Hall–Kier alpha value is -7.14. The highest BCUT2D eigenvalue weighted by atomic mass is 16.1. The predicted octanol–water partition coefficient (Wildman–Crippen LogP) is 7.25. The van der Waals surface area contributed by atoms with Crippen LogP contribution in [-0.4, -0.2) is 44.8 Å². The standard InChI is InChI=1S/C20H17N5.C15H12O.C5H9N5/c1-22-18-17-15(13-8-4-2-5-9-13)12-16(14-10-6-3-7-11-14)23-19(17)25-20(21)24-18;16-15(14-9-5-2-6-10-14)12-11-13-7-3-1-4-8-13;1-8-4-2-3(6)9-5(7)10-4/h2-12H,1H3,(H3,21,22,23,24,25);1-12H;2H,1H3,(H5,6,7,8,9,10)/b;12-11+;. The van der Waals surface area contributed by atoms with E-state index in [1.54, 1.807) is 19.2 Å². The summed E-state index contributed by atoms with van der Waals surface area (Å²) in [5.41, 5.74) is 22.9. The summed E-state index contributed by atoms with van der Waals surface area (Å²) in [5, 5.41) is 6.77. The number of hydrogen-bond acceptors (Lipinski definition) is 11. The average Bonchev–Trinajstić information content (AvgIpc) is 3.17. The molecule has 0 saturated heterocycles. The van der Waals surface area contributed by atoms with Crippen LogP contribution in [0.15, 0.2) is 140 Å². The zero-order chi connectivity index (χ0) is 36.0. The second kappa shape index (κ2) is 17.3. The van der Waals surface area contributed by atoms with Gasteiger partial charge in [0.25, 0.3) is 0 Å². The molecule has 3 aromatic heterocycles. The first kappa shape index (κ1) is 35.2. The molecule has 0 aliphatic rings. The van der Waals surface area contributed by atoms with Crippen LogP contribution >= 0.6 is 0 Å². The zero-order valence-electron chi connectivity index (χ0n) is 28.2. The Kier molecular flexibility index (Phi) is 11.9. The van der Waals surface area contributed by atoms with E-state index in [0.717, 1.165) is 38.9 Å². The van der Waals surface area contributed by atoms with Crippen molar-refractivity contribution >= 4 is 52.2 Å². The monoisotopic (exact) mass is 674 g/mol. The number of allylic oxidation sites excluding steroid dienone is 1. The lowest BCUT2D eigenvalue weighted by Crippen LogP contribution is -2.04. The first-order valence-corrected chi connectivity index (χ1v) is 16.0. The Morgan fingerprint density at radius 1 is 0.608 bits per heavy atom. The first-order valence-electron chi connectivity index (χ1n) is 16.0. The van der Waals surface area contributed by atoms with Crippen molar-refractivity contribution in [2.45, 2.75) is 0 Å². The summed E-state index contributed by atoms with van der Waals surface area (Å²) >= 11 is 0. The van der Waals surface area contributed by atoms with Gasteiger partial charge < -0.3 is 27.8 Å². The lowest BCUT2D eigenvalue weighted by Gasteiger charge is -2.13. The number of fused-ring (bicyclic) bond motifs is 1. The van der Waals surface area contributed by atoms with E-state index >= 15 is 0 Å². The van der Waals surface area contributed by atoms with Crippen molar-refractivity contribution in [1.82, 2.24) is 24.9 Å². The van der Waals surface area contributed by atoms with Gasteiger partial charge in [-0.05, 0) is 28.8 Å². The van der Waals surface area contributed by atoms with Crippen LogP contribution in [0.25, 0.3) is 39.5 Å². The summed E-state index contributed by atoms with van der Waals surface area (Å²) in [6.45, 7) is 0. The Morgan fingerprint density at radius 3 is 1.76 bits per heavy atom. The zero-order valence-corrected chi connectivity index (χ0v) is 28.2. The van der Waals surface area contributed by atoms with Crippen molar-refractivity contribution in [2.75, 3.05) is 41.9 Å². The molecule has 7 aromatic rings. The largest absolute Gasteiger partial charge is 0.383 e. The Labute approximate surface area is 296 Å². The molecule has 0 fully saturated rings. The van der Waals surface area contributed by atoms with Crippen molar-refractivity contribution in [2.24, 2.45) is 0 Å². The van der Waals surface area contributed by atoms with Crippen molar-refractivity contribution in [3.63, 3.8) is 0 Å². The summed E-state index contributed by atoms with van der Waals surface area (Å²) < 4.78 is 0.